The van der Waals surface area contributed by atoms with E-state index in [2.05, 4.69) is 5.10 Å². The minimum absolute atomic E-state index is 0.119. The Morgan fingerprint density at radius 1 is 1.43 bits per heavy atom. The summed E-state index contributed by atoms with van der Waals surface area (Å²) in [6.07, 6.45) is 4.96. The van der Waals surface area contributed by atoms with E-state index >= 15 is 0 Å². The van der Waals surface area contributed by atoms with E-state index in [9.17, 15) is 9.90 Å². The number of aliphatic hydroxyl groups is 1. The second-order valence-electron chi connectivity index (χ2n) is 6.72. The van der Waals surface area contributed by atoms with Gasteiger partial charge in [0.15, 0.2) is 0 Å². The third kappa shape index (κ3) is 2.84. The van der Waals surface area contributed by atoms with Crippen molar-refractivity contribution in [3.05, 3.63) is 17.5 Å². The normalized spacial score (nSPS) is 29.3. The van der Waals surface area contributed by atoms with Crippen molar-refractivity contribution in [3.63, 3.8) is 0 Å². The van der Waals surface area contributed by atoms with Crippen molar-refractivity contribution >= 4 is 5.91 Å². The van der Waals surface area contributed by atoms with Gasteiger partial charge in [-0.25, -0.2) is 0 Å². The Kier molecular flexibility index (Phi) is 3.78. The Morgan fingerprint density at radius 3 is 2.95 bits per heavy atom. The summed E-state index contributed by atoms with van der Waals surface area (Å²) in [5.74, 6) is 0.373. The molecule has 1 saturated heterocycles. The van der Waals surface area contributed by atoms with Gasteiger partial charge >= 0.3 is 0 Å². The number of hydrogen-bond acceptors (Lipinski definition) is 3. The van der Waals surface area contributed by atoms with Crippen LogP contribution in [0.3, 0.4) is 0 Å². The largest absolute Gasteiger partial charge is 0.389 e. The summed E-state index contributed by atoms with van der Waals surface area (Å²) in [6.45, 7) is 5.60. The lowest BCUT2D eigenvalue weighted by Crippen LogP contribution is -2.55. The molecule has 1 aliphatic carbocycles. The molecular formula is C16H25N3O2. The number of aromatic nitrogens is 2. The van der Waals surface area contributed by atoms with Gasteiger partial charge in [-0.3, -0.25) is 9.48 Å². The van der Waals surface area contributed by atoms with Crippen molar-refractivity contribution in [2.45, 2.75) is 58.1 Å². The van der Waals surface area contributed by atoms with Gasteiger partial charge in [0.25, 0.3) is 0 Å². The van der Waals surface area contributed by atoms with E-state index in [0.717, 1.165) is 37.1 Å². The molecule has 21 heavy (non-hydrogen) atoms. The predicted octanol–water partition coefficient (Wildman–Crippen LogP) is 1.65. The summed E-state index contributed by atoms with van der Waals surface area (Å²) in [7, 11) is 0. The molecule has 2 atom stereocenters. The van der Waals surface area contributed by atoms with Crippen molar-refractivity contribution in [2.75, 3.05) is 13.1 Å². The number of rotatable bonds is 2. The number of aryl methyl sites for hydroxylation is 2. The minimum atomic E-state index is -0.521. The number of amides is 1. The molecule has 1 N–H and O–H groups in total. The molecule has 2 unspecified atom stereocenters. The SMILES string of the molecule is Cc1cc(C)n(CC(=O)N2CCC3(O)CCCCC3C2)n1. The first-order chi connectivity index (χ1) is 9.98. The molecule has 1 aliphatic heterocycles. The molecule has 2 aliphatic rings. The van der Waals surface area contributed by atoms with Crippen LogP contribution in [0.5, 0.6) is 0 Å². The molecule has 0 radical (unpaired) electrons. The lowest BCUT2D eigenvalue weighted by molar-refractivity contribution is -0.144. The van der Waals surface area contributed by atoms with Crippen LogP contribution in [0.1, 0.15) is 43.5 Å². The summed E-state index contributed by atoms with van der Waals surface area (Å²) in [4.78, 5) is 14.4. The predicted molar refractivity (Wildman–Crippen MR) is 79.8 cm³/mol. The van der Waals surface area contributed by atoms with Crippen molar-refractivity contribution < 1.29 is 9.90 Å². The van der Waals surface area contributed by atoms with E-state index in [-0.39, 0.29) is 11.8 Å². The quantitative estimate of drug-likeness (QED) is 0.901. The monoisotopic (exact) mass is 291 g/mol. The molecule has 2 heterocycles. The first-order valence-electron chi connectivity index (χ1n) is 7.99. The van der Waals surface area contributed by atoms with Crippen LogP contribution in [-0.2, 0) is 11.3 Å². The van der Waals surface area contributed by atoms with Crippen LogP contribution in [0.15, 0.2) is 6.07 Å². The van der Waals surface area contributed by atoms with Gasteiger partial charge < -0.3 is 10.0 Å². The topological polar surface area (TPSA) is 58.4 Å². The molecule has 1 aromatic rings. The molecule has 5 nitrogen and oxygen atoms in total. The van der Waals surface area contributed by atoms with Crippen LogP contribution in [0, 0.1) is 19.8 Å². The van der Waals surface area contributed by atoms with Gasteiger partial charge in [-0.05, 0) is 39.2 Å². The standard InChI is InChI=1S/C16H25N3O2/c1-12-9-13(2)19(17-12)11-15(20)18-8-7-16(21)6-4-3-5-14(16)10-18/h9,14,21H,3-8,10-11H2,1-2H3. The fourth-order valence-corrected chi connectivity index (χ4v) is 3.86. The fourth-order valence-electron chi connectivity index (χ4n) is 3.86. The Bertz CT molecular complexity index is 540. The molecular weight excluding hydrogens is 266 g/mol. The maximum Gasteiger partial charge on any atom is 0.244 e. The Balaban J connectivity index is 1.65. The zero-order valence-electron chi connectivity index (χ0n) is 13.0. The molecule has 1 aromatic heterocycles. The summed E-state index contributed by atoms with van der Waals surface area (Å²) in [6, 6.07) is 1.99. The van der Waals surface area contributed by atoms with E-state index in [4.69, 9.17) is 0 Å². The van der Waals surface area contributed by atoms with E-state index in [0.29, 0.717) is 19.6 Å². The van der Waals surface area contributed by atoms with Crippen molar-refractivity contribution in [2.24, 2.45) is 5.92 Å². The lowest BCUT2D eigenvalue weighted by atomic mass is 9.71. The summed E-state index contributed by atoms with van der Waals surface area (Å²) in [5, 5.41) is 15.0. The molecule has 1 saturated carbocycles. The molecule has 3 rings (SSSR count). The zero-order chi connectivity index (χ0) is 15.0. The highest BCUT2D eigenvalue weighted by molar-refractivity contribution is 5.76. The highest BCUT2D eigenvalue weighted by atomic mass is 16.3. The number of fused-ring (bicyclic) bond motifs is 1. The van der Waals surface area contributed by atoms with Crippen LogP contribution in [0.4, 0.5) is 0 Å². The van der Waals surface area contributed by atoms with Crippen LogP contribution in [0.2, 0.25) is 0 Å². The molecule has 5 heteroatoms. The van der Waals surface area contributed by atoms with Gasteiger partial charge in [0.2, 0.25) is 5.91 Å². The number of carbonyl (C=O) groups is 1. The first-order valence-corrected chi connectivity index (χ1v) is 7.99. The highest BCUT2D eigenvalue weighted by Crippen LogP contribution is 2.39. The summed E-state index contributed by atoms with van der Waals surface area (Å²) < 4.78 is 1.78. The smallest absolute Gasteiger partial charge is 0.244 e. The summed E-state index contributed by atoms with van der Waals surface area (Å²) >= 11 is 0. The van der Waals surface area contributed by atoms with Gasteiger partial charge in [0.1, 0.15) is 6.54 Å². The second-order valence-corrected chi connectivity index (χ2v) is 6.72. The number of nitrogens with zero attached hydrogens (tertiary/aromatic N) is 3. The average molecular weight is 291 g/mol. The maximum atomic E-state index is 12.5. The number of piperidine rings is 1. The van der Waals surface area contributed by atoms with E-state index in [1.54, 1.807) is 4.68 Å². The third-order valence-corrected chi connectivity index (χ3v) is 5.17. The first kappa shape index (κ1) is 14.6. The van der Waals surface area contributed by atoms with Crippen LogP contribution < -0.4 is 0 Å². The maximum absolute atomic E-state index is 12.5. The van der Waals surface area contributed by atoms with Crippen LogP contribution in [-0.4, -0.2) is 44.4 Å². The minimum Gasteiger partial charge on any atom is -0.389 e. The van der Waals surface area contributed by atoms with E-state index < -0.39 is 5.60 Å². The number of likely N-dealkylation sites (tertiary alicyclic amines) is 1. The van der Waals surface area contributed by atoms with E-state index in [1.807, 2.05) is 24.8 Å². The van der Waals surface area contributed by atoms with Crippen molar-refractivity contribution in [1.29, 1.82) is 0 Å². The van der Waals surface area contributed by atoms with Gasteiger partial charge in [-0.2, -0.15) is 5.10 Å². The average Bonchev–Trinajstić information content (AvgIpc) is 2.75. The molecule has 0 spiro atoms. The van der Waals surface area contributed by atoms with Gasteiger partial charge in [0.05, 0.1) is 11.3 Å². The molecule has 116 valence electrons. The molecule has 1 amide bonds. The molecule has 2 fully saturated rings. The number of carbonyl (C=O) groups excluding carboxylic acids is 1. The Hall–Kier alpha value is -1.36. The van der Waals surface area contributed by atoms with Gasteiger partial charge in [-0.1, -0.05) is 12.8 Å². The number of hydrogen-bond donors (Lipinski definition) is 1. The van der Waals surface area contributed by atoms with Crippen LogP contribution in [0.25, 0.3) is 0 Å². The Labute approximate surface area is 125 Å². The third-order valence-electron chi connectivity index (χ3n) is 5.17. The lowest BCUT2D eigenvalue weighted by Gasteiger charge is -2.47. The highest BCUT2D eigenvalue weighted by Gasteiger charge is 2.43. The van der Waals surface area contributed by atoms with Crippen LogP contribution >= 0.6 is 0 Å². The molecule has 0 bridgehead atoms. The summed E-state index contributed by atoms with van der Waals surface area (Å²) in [5.41, 5.74) is 1.44. The van der Waals surface area contributed by atoms with Gasteiger partial charge in [-0.15, -0.1) is 0 Å². The second kappa shape index (κ2) is 5.44. The fraction of sp³-hybridized carbons (Fsp3) is 0.750. The molecule has 0 aromatic carbocycles. The Morgan fingerprint density at radius 2 is 2.24 bits per heavy atom. The van der Waals surface area contributed by atoms with Gasteiger partial charge in [0, 0.05) is 24.7 Å². The van der Waals surface area contributed by atoms with Crippen molar-refractivity contribution in [1.82, 2.24) is 14.7 Å². The zero-order valence-corrected chi connectivity index (χ0v) is 13.0. The van der Waals surface area contributed by atoms with E-state index in [1.165, 1.54) is 6.42 Å². The van der Waals surface area contributed by atoms with Crippen molar-refractivity contribution in [3.8, 4) is 0 Å².